The molecule has 0 fully saturated rings. The van der Waals surface area contributed by atoms with E-state index in [0.29, 0.717) is 17.1 Å². The number of carbonyl (C=O) groups is 2. The number of benzene rings is 2. The summed E-state index contributed by atoms with van der Waals surface area (Å²) in [6.07, 6.45) is 1.60. The SMILES string of the molecule is COc1ccc(C2=NC(=Cc3ccc(OC(C)=O)cc3)C(=O)O2)cc1Br. The third kappa shape index (κ3) is 4.00. The number of nitrogens with zero attached hydrogens (tertiary/aromatic N) is 1. The minimum absolute atomic E-state index is 0.187. The van der Waals surface area contributed by atoms with Crippen molar-refractivity contribution in [3.05, 3.63) is 63.8 Å². The molecule has 1 aliphatic heterocycles. The van der Waals surface area contributed by atoms with Gasteiger partial charge in [-0.25, -0.2) is 9.79 Å². The van der Waals surface area contributed by atoms with E-state index in [0.717, 1.165) is 10.0 Å². The first-order valence-corrected chi connectivity index (χ1v) is 8.40. The number of rotatable bonds is 4. The molecule has 0 spiro atoms. The molecule has 0 N–H and O–H groups in total. The van der Waals surface area contributed by atoms with Crippen molar-refractivity contribution in [2.45, 2.75) is 6.92 Å². The van der Waals surface area contributed by atoms with E-state index in [1.54, 1.807) is 55.7 Å². The van der Waals surface area contributed by atoms with Crippen LogP contribution in [0.25, 0.3) is 6.08 Å². The Labute approximate surface area is 158 Å². The highest BCUT2D eigenvalue weighted by atomic mass is 79.9. The van der Waals surface area contributed by atoms with Crippen molar-refractivity contribution in [2.24, 2.45) is 4.99 Å². The molecule has 0 radical (unpaired) electrons. The molecule has 7 heteroatoms. The molecule has 0 aromatic heterocycles. The number of hydrogen-bond donors (Lipinski definition) is 0. The van der Waals surface area contributed by atoms with Crippen molar-refractivity contribution >= 4 is 39.8 Å². The van der Waals surface area contributed by atoms with Gasteiger partial charge in [-0.15, -0.1) is 0 Å². The summed E-state index contributed by atoms with van der Waals surface area (Å²) in [6, 6.07) is 12.0. The lowest BCUT2D eigenvalue weighted by atomic mass is 10.2. The van der Waals surface area contributed by atoms with E-state index in [2.05, 4.69) is 20.9 Å². The largest absolute Gasteiger partial charge is 0.496 e. The third-order valence-corrected chi connectivity index (χ3v) is 4.08. The van der Waals surface area contributed by atoms with Crippen LogP contribution in [0.1, 0.15) is 18.1 Å². The van der Waals surface area contributed by atoms with Gasteiger partial charge in [-0.2, -0.15) is 0 Å². The van der Waals surface area contributed by atoms with Crippen molar-refractivity contribution in [1.82, 2.24) is 0 Å². The molecule has 2 aromatic carbocycles. The summed E-state index contributed by atoms with van der Waals surface area (Å²) in [5.41, 5.74) is 1.57. The van der Waals surface area contributed by atoms with Crippen LogP contribution >= 0.6 is 15.9 Å². The van der Waals surface area contributed by atoms with Gasteiger partial charge in [-0.3, -0.25) is 4.79 Å². The maximum absolute atomic E-state index is 12.1. The van der Waals surface area contributed by atoms with E-state index in [4.69, 9.17) is 14.2 Å². The number of aliphatic imine (C=N–C) groups is 1. The van der Waals surface area contributed by atoms with Crippen LogP contribution in [-0.2, 0) is 14.3 Å². The van der Waals surface area contributed by atoms with Crippen LogP contribution in [0.15, 0.2) is 57.6 Å². The molecule has 0 bridgehead atoms. The summed E-state index contributed by atoms with van der Waals surface area (Å²) < 4.78 is 16.1. The molecular formula is C19H14BrNO5. The number of carbonyl (C=O) groups excluding carboxylic acids is 2. The monoisotopic (exact) mass is 415 g/mol. The Morgan fingerprint density at radius 1 is 1.19 bits per heavy atom. The van der Waals surface area contributed by atoms with Gasteiger partial charge < -0.3 is 14.2 Å². The number of esters is 2. The Balaban J connectivity index is 1.84. The van der Waals surface area contributed by atoms with Gasteiger partial charge in [0.05, 0.1) is 11.6 Å². The van der Waals surface area contributed by atoms with Gasteiger partial charge in [0, 0.05) is 12.5 Å². The number of cyclic esters (lactones) is 1. The standard InChI is InChI=1S/C19H14BrNO5/c1-11(22)25-14-6-3-12(4-7-14)9-16-19(23)26-18(21-16)13-5-8-17(24-2)15(20)10-13/h3-10H,1-2H3. The zero-order valence-corrected chi connectivity index (χ0v) is 15.6. The fourth-order valence-corrected chi connectivity index (χ4v) is 2.83. The van der Waals surface area contributed by atoms with Gasteiger partial charge in [0.2, 0.25) is 5.90 Å². The highest BCUT2D eigenvalue weighted by molar-refractivity contribution is 9.10. The fraction of sp³-hybridized carbons (Fsp3) is 0.105. The maximum atomic E-state index is 12.1. The molecule has 26 heavy (non-hydrogen) atoms. The van der Waals surface area contributed by atoms with Crippen molar-refractivity contribution in [3.63, 3.8) is 0 Å². The lowest BCUT2D eigenvalue weighted by Crippen LogP contribution is -2.05. The smallest absolute Gasteiger partial charge is 0.363 e. The van der Waals surface area contributed by atoms with E-state index in [9.17, 15) is 9.59 Å². The molecule has 1 heterocycles. The second-order valence-corrected chi connectivity index (χ2v) is 6.20. The van der Waals surface area contributed by atoms with Gasteiger partial charge in [0.25, 0.3) is 0 Å². The summed E-state index contributed by atoms with van der Waals surface area (Å²) in [4.78, 5) is 27.3. The van der Waals surface area contributed by atoms with Gasteiger partial charge in [-0.1, -0.05) is 12.1 Å². The van der Waals surface area contributed by atoms with Gasteiger partial charge >= 0.3 is 11.9 Å². The minimum Gasteiger partial charge on any atom is -0.496 e. The van der Waals surface area contributed by atoms with Crippen LogP contribution in [0.3, 0.4) is 0 Å². The first-order chi connectivity index (χ1) is 12.5. The fourth-order valence-electron chi connectivity index (χ4n) is 2.29. The molecule has 0 saturated heterocycles. The van der Waals surface area contributed by atoms with E-state index in [1.807, 2.05) is 0 Å². The van der Waals surface area contributed by atoms with E-state index in [-0.39, 0.29) is 11.6 Å². The lowest BCUT2D eigenvalue weighted by molar-refractivity contribution is -0.132. The molecule has 132 valence electrons. The van der Waals surface area contributed by atoms with Crippen LogP contribution in [-0.4, -0.2) is 24.9 Å². The van der Waals surface area contributed by atoms with Crippen LogP contribution in [0.2, 0.25) is 0 Å². The highest BCUT2D eigenvalue weighted by Crippen LogP contribution is 2.28. The summed E-state index contributed by atoms with van der Waals surface area (Å²) in [5, 5.41) is 0. The predicted octanol–water partition coefficient (Wildman–Crippen LogP) is 3.73. The molecule has 2 aromatic rings. The van der Waals surface area contributed by atoms with Crippen LogP contribution in [0.4, 0.5) is 0 Å². The Hall–Kier alpha value is -2.93. The van der Waals surface area contributed by atoms with E-state index < -0.39 is 11.9 Å². The third-order valence-electron chi connectivity index (χ3n) is 3.46. The van der Waals surface area contributed by atoms with Crippen molar-refractivity contribution < 1.29 is 23.8 Å². The second-order valence-electron chi connectivity index (χ2n) is 5.35. The summed E-state index contributed by atoms with van der Waals surface area (Å²) in [7, 11) is 1.57. The zero-order chi connectivity index (χ0) is 18.7. The topological polar surface area (TPSA) is 74.2 Å². The average molecular weight is 416 g/mol. The molecule has 1 aliphatic rings. The molecule has 0 atom stereocenters. The van der Waals surface area contributed by atoms with E-state index in [1.165, 1.54) is 6.92 Å². The van der Waals surface area contributed by atoms with E-state index >= 15 is 0 Å². The zero-order valence-electron chi connectivity index (χ0n) is 14.0. The quantitative estimate of drug-likeness (QED) is 0.432. The Kier molecular flexibility index (Phi) is 5.18. The van der Waals surface area contributed by atoms with Gasteiger partial charge in [0.15, 0.2) is 5.70 Å². The number of halogens is 1. The summed E-state index contributed by atoms with van der Waals surface area (Å²) >= 11 is 3.39. The molecular weight excluding hydrogens is 402 g/mol. The molecule has 0 aliphatic carbocycles. The van der Waals surface area contributed by atoms with Crippen LogP contribution < -0.4 is 9.47 Å². The summed E-state index contributed by atoms with van der Waals surface area (Å²) in [6.45, 7) is 1.33. The Bertz CT molecular complexity index is 931. The molecule has 0 saturated carbocycles. The normalized spacial score (nSPS) is 14.8. The van der Waals surface area contributed by atoms with Crippen molar-refractivity contribution in [3.8, 4) is 11.5 Å². The summed E-state index contributed by atoms with van der Waals surface area (Å²) in [5.74, 6) is 0.399. The maximum Gasteiger partial charge on any atom is 0.363 e. The average Bonchev–Trinajstić information content (AvgIpc) is 2.97. The minimum atomic E-state index is -0.531. The van der Waals surface area contributed by atoms with Crippen molar-refractivity contribution in [1.29, 1.82) is 0 Å². The molecule has 0 amide bonds. The molecule has 6 nitrogen and oxygen atoms in total. The molecule has 0 unspecified atom stereocenters. The predicted molar refractivity (Wildman–Crippen MR) is 99.1 cm³/mol. The molecule has 3 rings (SSSR count). The Morgan fingerprint density at radius 3 is 2.54 bits per heavy atom. The highest BCUT2D eigenvalue weighted by Gasteiger charge is 2.24. The number of ether oxygens (including phenoxy) is 3. The number of methoxy groups -OCH3 is 1. The first-order valence-electron chi connectivity index (χ1n) is 7.61. The van der Waals surface area contributed by atoms with Crippen molar-refractivity contribution in [2.75, 3.05) is 7.11 Å². The van der Waals surface area contributed by atoms with Gasteiger partial charge in [-0.05, 0) is 57.9 Å². The second kappa shape index (κ2) is 7.53. The van der Waals surface area contributed by atoms with Gasteiger partial charge in [0.1, 0.15) is 11.5 Å². The first kappa shape index (κ1) is 17.9. The lowest BCUT2D eigenvalue weighted by Gasteiger charge is -2.05. The Morgan fingerprint density at radius 2 is 1.92 bits per heavy atom. The number of hydrogen-bond acceptors (Lipinski definition) is 6. The van der Waals surface area contributed by atoms with Crippen LogP contribution in [0.5, 0.6) is 11.5 Å². The van der Waals surface area contributed by atoms with Crippen LogP contribution in [0, 0.1) is 0 Å².